The molecule has 0 atom stereocenters. The summed E-state index contributed by atoms with van der Waals surface area (Å²) in [5.41, 5.74) is 4.98. The van der Waals surface area contributed by atoms with Crippen LogP contribution >= 0.6 is 0 Å². The summed E-state index contributed by atoms with van der Waals surface area (Å²) in [6, 6.07) is 24.8. The zero-order chi connectivity index (χ0) is 21.0. The molecule has 0 fully saturated rings. The molecular weight excluding hydrogens is 378 g/mol. The van der Waals surface area contributed by atoms with Gasteiger partial charge < -0.3 is 0 Å². The van der Waals surface area contributed by atoms with Gasteiger partial charge in [0.25, 0.3) is 0 Å². The first-order valence-corrected chi connectivity index (χ1v) is 14.2. The average molecular weight is 406 g/mol. The fourth-order valence-corrected chi connectivity index (χ4v) is 6.18. The maximum Gasteiger partial charge on any atom is 0.0784 e. The van der Waals surface area contributed by atoms with Gasteiger partial charge in [-0.15, -0.1) is 0 Å². The Morgan fingerprint density at radius 3 is 2.17 bits per heavy atom. The van der Waals surface area contributed by atoms with Crippen LogP contribution in [0.2, 0.25) is 19.6 Å². The van der Waals surface area contributed by atoms with E-state index in [1.807, 2.05) is 6.20 Å². The monoisotopic (exact) mass is 405 g/mol. The SMILES string of the molecule is Cc1cc2ccc3c(-c4cc([Si](C)(C)C)c5ccccc5c4)nccc3c2cc1C. The van der Waals surface area contributed by atoms with Crippen LogP contribution in [-0.2, 0) is 0 Å². The number of hydrogen-bond donors (Lipinski definition) is 0. The molecule has 0 aliphatic rings. The fourth-order valence-electron chi connectivity index (χ4n) is 4.56. The molecule has 5 rings (SSSR count). The second-order valence-corrected chi connectivity index (χ2v) is 14.5. The van der Waals surface area contributed by atoms with Crippen LogP contribution in [0.5, 0.6) is 0 Å². The lowest BCUT2D eigenvalue weighted by atomic mass is 9.95. The van der Waals surface area contributed by atoms with Gasteiger partial charge in [-0.25, -0.2) is 0 Å². The zero-order valence-electron chi connectivity index (χ0n) is 18.4. The van der Waals surface area contributed by atoms with Crippen LogP contribution in [-0.4, -0.2) is 13.1 Å². The molecule has 5 aromatic rings. The average Bonchev–Trinajstić information content (AvgIpc) is 2.72. The van der Waals surface area contributed by atoms with Crippen molar-refractivity contribution in [3.05, 3.63) is 84.1 Å². The first-order valence-electron chi connectivity index (χ1n) is 10.7. The van der Waals surface area contributed by atoms with Crippen molar-refractivity contribution in [2.75, 3.05) is 0 Å². The summed E-state index contributed by atoms with van der Waals surface area (Å²) in [6.45, 7) is 11.7. The van der Waals surface area contributed by atoms with Crippen LogP contribution in [0.25, 0.3) is 43.6 Å². The van der Waals surface area contributed by atoms with E-state index in [0.29, 0.717) is 0 Å². The first-order chi connectivity index (χ1) is 14.3. The minimum absolute atomic E-state index is 1.08. The molecule has 30 heavy (non-hydrogen) atoms. The molecule has 1 aromatic heterocycles. The lowest BCUT2D eigenvalue weighted by Gasteiger charge is -2.21. The van der Waals surface area contributed by atoms with Crippen LogP contribution in [0.15, 0.2) is 72.9 Å². The molecule has 0 aliphatic heterocycles. The highest BCUT2D eigenvalue weighted by Crippen LogP contribution is 2.34. The van der Waals surface area contributed by atoms with Gasteiger partial charge in [-0.1, -0.05) is 79.4 Å². The molecule has 1 nitrogen and oxygen atoms in total. The van der Waals surface area contributed by atoms with Crippen molar-refractivity contribution < 1.29 is 0 Å². The fraction of sp³-hybridized carbons (Fsp3) is 0.179. The van der Waals surface area contributed by atoms with E-state index in [9.17, 15) is 0 Å². The normalized spacial score (nSPS) is 12.2. The molecule has 0 N–H and O–H groups in total. The Kier molecular flexibility index (Phi) is 4.30. The molecule has 0 saturated carbocycles. The number of aromatic nitrogens is 1. The lowest BCUT2D eigenvalue weighted by molar-refractivity contribution is 1.35. The number of benzene rings is 4. The summed E-state index contributed by atoms with van der Waals surface area (Å²) >= 11 is 0. The van der Waals surface area contributed by atoms with Crippen LogP contribution in [0.3, 0.4) is 0 Å². The highest BCUT2D eigenvalue weighted by molar-refractivity contribution is 6.90. The molecule has 148 valence electrons. The van der Waals surface area contributed by atoms with Crippen LogP contribution in [0.1, 0.15) is 11.1 Å². The highest BCUT2D eigenvalue weighted by atomic mass is 28.3. The largest absolute Gasteiger partial charge is 0.256 e. The van der Waals surface area contributed by atoms with Crippen molar-refractivity contribution >= 4 is 45.6 Å². The molecule has 0 amide bonds. The van der Waals surface area contributed by atoms with E-state index in [2.05, 4.69) is 100 Å². The molecular formula is C28H27NSi. The molecule has 2 heteroatoms. The number of hydrogen-bond acceptors (Lipinski definition) is 1. The van der Waals surface area contributed by atoms with Crippen LogP contribution < -0.4 is 5.19 Å². The summed E-state index contributed by atoms with van der Waals surface area (Å²) in [4.78, 5) is 4.87. The summed E-state index contributed by atoms with van der Waals surface area (Å²) in [5.74, 6) is 0. The third kappa shape index (κ3) is 3.03. The van der Waals surface area contributed by atoms with Crippen molar-refractivity contribution in [3.63, 3.8) is 0 Å². The van der Waals surface area contributed by atoms with Gasteiger partial charge in [0.2, 0.25) is 0 Å². The van der Waals surface area contributed by atoms with Gasteiger partial charge in [0.15, 0.2) is 0 Å². The minimum atomic E-state index is -1.51. The molecule has 4 aromatic carbocycles. The minimum Gasteiger partial charge on any atom is -0.256 e. The Balaban J connectivity index is 1.85. The Bertz CT molecular complexity index is 1440. The quantitative estimate of drug-likeness (QED) is 0.221. The van der Waals surface area contributed by atoms with E-state index in [1.54, 1.807) is 0 Å². The smallest absolute Gasteiger partial charge is 0.0784 e. The number of nitrogens with zero attached hydrogens (tertiary/aromatic N) is 1. The van der Waals surface area contributed by atoms with Crippen molar-refractivity contribution in [2.24, 2.45) is 0 Å². The third-order valence-corrected chi connectivity index (χ3v) is 8.35. The van der Waals surface area contributed by atoms with Crippen molar-refractivity contribution in [2.45, 2.75) is 33.5 Å². The number of rotatable bonds is 2. The molecule has 0 aliphatic carbocycles. The van der Waals surface area contributed by atoms with Crippen molar-refractivity contribution in [3.8, 4) is 11.3 Å². The Morgan fingerprint density at radius 2 is 1.37 bits per heavy atom. The van der Waals surface area contributed by atoms with E-state index in [0.717, 1.165) is 5.69 Å². The maximum absolute atomic E-state index is 4.87. The summed E-state index contributed by atoms with van der Waals surface area (Å²) < 4.78 is 0. The summed E-state index contributed by atoms with van der Waals surface area (Å²) in [5, 5.41) is 9.31. The molecule has 0 radical (unpaired) electrons. The predicted molar refractivity (Wildman–Crippen MR) is 135 cm³/mol. The number of pyridine rings is 1. The molecule has 0 saturated heterocycles. The first kappa shape index (κ1) is 19.0. The van der Waals surface area contributed by atoms with Gasteiger partial charge in [-0.05, 0) is 64.0 Å². The van der Waals surface area contributed by atoms with Gasteiger partial charge in [-0.3, -0.25) is 4.98 Å². The second kappa shape index (κ2) is 6.78. The Hall–Kier alpha value is -2.97. The van der Waals surface area contributed by atoms with E-state index in [4.69, 9.17) is 4.98 Å². The highest BCUT2D eigenvalue weighted by Gasteiger charge is 2.21. The van der Waals surface area contributed by atoms with Gasteiger partial charge in [0.05, 0.1) is 13.8 Å². The molecule has 0 bridgehead atoms. The molecule has 0 unspecified atom stereocenters. The van der Waals surface area contributed by atoms with Crippen molar-refractivity contribution in [1.82, 2.24) is 4.98 Å². The van der Waals surface area contributed by atoms with Gasteiger partial charge >= 0.3 is 0 Å². The zero-order valence-corrected chi connectivity index (χ0v) is 19.4. The summed E-state index contributed by atoms with van der Waals surface area (Å²) in [7, 11) is -1.51. The van der Waals surface area contributed by atoms with E-state index < -0.39 is 8.07 Å². The Morgan fingerprint density at radius 1 is 0.633 bits per heavy atom. The van der Waals surface area contributed by atoms with E-state index >= 15 is 0 Å². The van der Waals surface area contributed by atoms with Crippen LogP contribution in [0.4, 0.5) is 0 Å². The maximum atomic E-state index is 4.87. The lowest BCUT2D eigenvalue weighted by Crippen LogP contribution is -2.38. The number of fused-ring (bicyclic) bond motifs is 4. The van der Waals surface area contributed by atoms with E-state index in [-0.39, 0.29) is 0 Å². The molecule has 0 spiro atoms. The summed E-state index contributed by atoms with van der Waals surface area (Å²) in [6.07, 6.45) is 1.97. The molecule has 1 heterocycles. The van der Waals surface area contributed by atoms with Gasteiger partial charge in [-0.2, -0.15) is 0 Å². The standard InChI is InChI=1S/C28H27NSi/c1-18-14-21-10-11-25-24(26(21)15-19(18)2)12-13-29-28(25)22-16-20-8-6-7-9-23(20)27(17-22)30(3,4)5/h6-17H,1-5H3. The van der Waals surface area contributed by atoms with Gasteiger partial charge in [0, 0.05) is 17.1 Å². The van der Waals surface area contributed by atoms with Crippen molar-refractivity contribution in [1.29, 1.82) is 0 Å². The second-order valence-electron chi connectivity index (χ2n) is 9.47. The van der Waals surface area contributed by atoms with Gasteiger partial charge in [0.1, 0.15) is 0 Å². The Labute approximate surface area is 179 Å². The third-order valence-electron chi connectivity index (χ3n) is 6.32. The topological polar surface area (TPSA) is 12.9 Å². The van der Waals surface area contributed by atoms with Crippen LogP contribution in [0, 0.1) is 13.8 Å². The number of aryl methyl sites for hydroxylation is 2. The predicted octanol–water partition coefficient (Wildman–Crippen LogP) is 7.37. The van der Waals surface area contributed by atoms with E-state index in [1.165, 1.54) is 54.2 Å².